The summed E-state index contributed by atoms with van der Waals surface area (Å²) < 4.78 is 5.98. The fraction of sp³-hybridized carbons (Fsp3) is 0.320. The van der Waals surface area contributed by atoms with Crippen LogP contribution in [0.5, 0.6) is 5.75 Å². The average Bonchev–Trinajstić information content (AvgIpc) is 3.43. The van der Waals surface area contributed by atoms with Gasteiger partial charge >= 0.3 is 0 Å². The monoisotopic (exact) mass is 435 g/mol. The highest BCUT2D eigenvalue weighted by Crippen LogP contribution is 2.54. The van der Waals surface area contributed by atoms with E-state index in [9.17, 15) is 14.4 Å². The van der Waals surface area contributed by atoms with Gasteiger partial charge in [0.2, 0.25) is 17.6 Å². The highest BCUT2D eigenvalue weighted by atomic mass is 35.5. The minimum absolute atomic E-state index is 0.113. The lowest BCUT2D eigenvalue weighted by molar-refractivity contribution is -0.123. The molecule has 31 heavy (non-hydrogen) atoms. The van der Waals surface area contributed by atoms with Crippen LogP contribution in [0.1, 0.15) is 29.3 Å². The van der Waals surface area contributed by atoms with Crippen LogP contribution in [0, 0.1) is 30.6 Å². The number of Topliss-reactive ketones (excluding diaryl/α,β-unsaturated/α-hetero) is 1. The summed E-state index contributed by atoms with van der Waals surface area (Å²) in [5.41, 5.74) is 1.91. The van der Waals surface area contributed by atoms with Crippen LogP contribution >= 0.6 is 11.6 Å². The van der Waals surface area contributed by atoms with Crippen LogP contribution in [-0.2, 0) is 9.59 Å². The first-order chi connectivity index (χ1) is 14.8. The molecule has 2 bridgehead atoms. The second-order valence-corrected chi connectivity index (χ2v) is 9.05. The van der Waals surface area contributed by atoms with Crippen LogP contribution < -0.4 is 9.64 Å². The van der Waals surface area contributed by atoms with Gasteiger partial charge in [-0.1, -0.05) is 53.6 Å². The molecule has 5 nitrogen and oxygen atoms in total. The molecule has 1 heterocycles. The molecule has 0 spiro atoms. The third kappa shape index (κ3) is 3.19. The fourth-order valence-corrected chi connectivity index (χ4v) is 5.27. The van der Waals surface area contributed by atoms with Gasteiger partial charge in [-0.25, -0.2) is 4.90 Å². The molecule has 1 saturated heterocycles. The van der Waals surface area contributed by atoms with Crippen molar-refractivity contribution in [2.24, 2.45) is 23.7 Å². The number of hydrogen-bond acceptors (Lipinski definition) is 4. The van der Waals surface area contributed by atoms with E-state index in [1.54, 1.807) is 37.3 Å². The second kappa shape index (κ2) is 7.34. The number of fused-ring (bicyclic) bond motifs is 5. The van der Waals surface area contributed by atoms with Crippen molar-refractivity contribution in [3.63, 3.8) is 0 Å². The van der Waals surface area contributed by atoms with Gasteiger partial charge in [0.1, 0.15) is 5.75 Å². The summed E-state index contributed by atoms with van der Waals surface area (Å²) in [5, 5.41) is 0.388. The summed E-state index contributed by atoms with van der Waals surface area (Å²) in [6.07, 6.45) is 4.17. The highest BCUT2D eigenvalue weighted by Gasteiger charge is 2.60. The Morgan fingerprint density at radius 2 is 1.65 bits per heavy atom. The smallest absolute Gasteiger partial charge is 0.238 e. The highest BCUT2D eigenvalue weighted by molar-refractivity contribution is 6.31. The molecular formula is C25H22ClNO4. The zero-order valence-electron chi connectivity index (χ0n) is 17.2. The molecule has 1 saturated carbocycles. The Kier molecular flexibility index (Phi) is 4.74. The lowest BCUT2D eigenvalue weighted by atomic mass is 9.85. The third-order valence-corrected chi connectivity index (χ3v) is 6.88. The van der Waals surface area contributed by atoms with Crippen molar-refractivity contribution in [3.8, 4) is 5.75 Å². The topological polar surface area (TPSA) is 63.7 Å². The number of anilines is 1. The van der Waals surface area contributed by atoms with Crippen LogP contribution in [0.15, 0.2) is 54.6 Å². The maximum atomic E-state index is 13.2. The number of halogens is 1. The molecule has 158 valence electrons. The number of aryl methyl sites for hydroxylation is 1. The van der Waals surface area contributed by atoms with Crippen molar-refractivity contribution in [3.05, 3.63) is 70.8 Å². The number of amides is 2. The zero-order chi connectivity index (χ0) is 21.9. The molecule has 0 N–H and O–H groups in total. The SMILES string of the molecule is Cc1ccc(C(=O)[C@@H](C)Oc2ccc(Cl)cc2N2C(=O)[C@@H]3[C@H](C2=O)[C@@H]2C=C[C@H]3C2)cc1. The van der Waals surface area contributed by atoms with E-state index in [-0.39, 0.29) is 41.3 Å². The summed E-state index contributed by atoms with van der Waals surface area (Å²) in [5.74, 6) is -0.725. The fourth-order valence-electron chi connectivity index (χ4n) is 5.10. The number of rotatable bonds is 5. The van der Waals surface area contributed by atoms with Gasteiger partial charge in [-0.2, -0.15) is 0 Å². The lowest BCUT2D eigenvalue weighted by Crippen LogP contribution is -2.34. The Morgan fingerprint density at radius 1 is 1.03 bits per heavy atom. The van der Waals surface area contributed by atoms with Gasteiger partial charge < -0.3 is 4.74 Å². The van der Waals surface area contributed by atoms with Crippen molar-refractivity contribution in [2.75, 3.05) is 4.90 Å². The van der Waals surface area contributed by atoms with Gasteiger partial charge in [0, 0.05) is 10.6 Å². The van der Waals surface area contributed by atoms with Gasteiger partial charge in [-0.3, -0.25) is 14.4 Å². The number of imide groups is 1. The number of carbonyl (C=O) groups excluding carboxylic acids is 3. The van der Waals surface area contributed by atoms with Crippen molar-refractivity contribution in [2.45, 2.75) is 26.4 Å². The molecule has 3 aliphatic rings. The number of ketones is 1. The summed E-state index contributed by atoms with van der Waals surface area (Å²) >= 11 is 6.21. The maximum absolute atomic E-state index is 13.2. The minimum Gasteiger partial charge on any atom is -0.480 e. The first kappa shape index (κ1) is 20.0. The van der Waals surface area contributed by atoms with Crippen molar-refractivity contribution < 1.29 is 19.1 Å². The Labute approximate surface area is 185 Å². The number of hydrogen-bond donors (Lipinski definition) is 0. The van der Waals surface area contributed by atoms with E-state index in [0.717, 1.165) is 12.0 Å². The number of ether oxygens (including phenoxy) is 1. The quantitative estimate of drug-likeness (QED) is 0.391. The second-order valence-electron chi connectivity index (χ2n) is 8.61. The predicted molar refractivity (Wildman–Crippen MR) is 117 cm³/mol. The van der Waals surface area contributed by atoms with E-state index < -0.39 is 6.10 Å². The third-order valence-electron chi connectivity index (χ3n) is 6.64. The van der Waals surface area contributed by atoms with Crippen molar-refractivity contribution in [1.29, 1.82) is 0 Å². The van der Waals surface area contributed by atoms with Crippen LogP contribution in [-0.4, -0.2) is 23.7 Å². The van der Waals surface area contributed by atoms with Crippen LogP contribution in [0.2, 0.25) is 5.02 Å². The van der Waals surface area contributed by atoms with Crippen LogP contribution in [0.25, 0.3) is 0 Å². The lowest BCUT2D eigenvalue weighted by Gasteiger charge is -2.23. The Morgan fingerprint density at radius 3 is 2.26 bits per heavy atom. The Bertz CT molecular complexity index is 1090. The number of allylic oxidation sites excluding steroid dienone is 2. The molecule has 1 aliphatic heterocycles. The van der Waals surface area contributed by atoms with Gasteiger partial charge in [0.15, 0.2) is 6.10 Å². The maximum Gasteiger partial charge on any atom is 0.238 e. The summed E-state index contributed by atoms with van der Waals surface area (Å²) in [4.78, 5) is 40.5. The van der Waals surface area contributed by atoms with E-state index in [1.807, 2.05) is 19.1 Å². The zero-order valence-corrected chi connectivity index (χ0v) is 18.0. The molecule has 0 unspecified atom stereocenters. The van der Waals surface area contributed by atoms with Crippen LogP contribution in [0.4, 0.5) is 5.69 Å². The number of nitrogens with zero attached hydrogens (tertiary/aromatic N) is 1. The normalized spacial score (nSPS) is 27.0. The van der Waals surface area contributed by atoms with Gasteiger partial charge in [0.25, 0.3) is 0 Å². The van der Waals surface area contributed by atoms with Gasteiger partial charge in [-0.15, -0.1) is 0 Å². The molecular weight excluding hydrogens is 414 g/mol. The molecule has 5 rings (SSSR count). The molecule has 2 fully saturated rings. The molecule has 2 amide bonds. The van der Waals surface area contributed by atoms with Crippen LogP contribution in [0.3, 0.4) is 0 Å². The first-order valence-corrected chi connectivity index (χ1v) is 10.9. The molecule has 6 heteroatoms. The van der Waals surface area contributed by atoms with E-state index >= 15 is 0 Å². The summed E-state index contributed by atoms with van der Waals surface area (Å²) in [6.45, 7) is 3.61. The standard InChI is InChI=1S/C25H22ClNO4/c1-13-3-5-15(6-4-13)23(28)14(2)31-20-10-9-18(26)12-19(20)27-24(29)21-16-7-8-17(11-16)22(21)25(27)30/h3-10,12,14,16-17,21-22H,11H2,1-2H3/t14-,16-,17+,21-,22+/m1/s1. The number of carbonyl (C=O) groups is 3. The van der Waals surface area contributed by atoms with E-state index in [1.165, 1.54) is 4.90 Å². The van der Waals surface area contributed by atoms with E-state index in [2.05, 4.69) is 12.2 Å². The molecule has 2 aromatic carbocycles. The van der Waals surface area contributed by atoms with Crippen molar-refractivity contribution >= 4 is 34.9 Å². The molecule has 0 radical (unpaired) electrons. The summed E-state index contributed by atoms with van der Waals surface area (Å²) in [7, 11) is 0. The average molecular weight is 436 g/mol. The largest absolute Gasteiger partial charge is 0.480 e. The minimum atomic E-state index is -0.798. The number of benzene rings is 2. The van der Waals surface area contributed by atoms with Crippen molar-refractivity contribution in [1.82, 2.24) is 0 Å². The summed E-state index contributed by atoms with van der Waals surface area (Å²) in [6, 6.07) is 12.1. The first-order valence-electron chi connectivity index (χ1n) is 10.5. The van der Waals surface area contributed by atoms with Gasteiger partial charge in [0.05, 0.1) is 17.5 Å². The van der Waals surface area contributed by atoms with E-state index in [4.69, 9.17) is 16.3 Å². The molecule has 0 aromatic heterocycles. The Hall–Kier alpha value is -2.92. The van der Waals surface area contributed by atoms with E-state index in [0.29, 0.717) is 22.0 Å². The molecule has 5 atom stereocenters. The predicted octanol–water partition coefficient (Wildman–Crippen LogP) is 4.61. The van der Waals surface area contributed by atoms with Gasteiger partial charge in [-0.05, 0) is 50.3 Å². The molecule has 2 aliphatic carbocycles. The molecule has 2 aromatic rings. The Balaban J connectivity index is 1.44.